The maximum Gasteiger partial charge on any atom is 0.339 e. The van der Waals surface area contributed by atoms with Crippen LogP contribution in [0.25, 0.3) is 0 Å². The van der Waals surface area contributed by atoms with Gasteiger partial charge in [0.25, 0.3) is 15.9 Å². The highest BCUT2D eigenvalue weighted by molar-refractivity contribution is 7.92. The van der Waals surface area contributed by atoms with Crippen LogP contribution >= 0.6 is 0 Å². The Hall–Kier alpha value is -3.65. The van der Waals surface area contributed by atoms with E-state index in [1.807, 2.05) is 43.3 Å². The molecule has 0 aliphatic rings. The zero-order valence-corrected chi connectivity index (χ0v) is 20.3. The van der Waals surface area contributed by atoms with Crippen LogP contribution in [0.2, 0.25) is 0 Å². The molecule has 7 nitrogen and oxygen atoms in total. The molecule has 0 aliphatic heterocycles. The fraction of sp³-hybridized carbons (Fsp3) is 0.231. The number of rotatable bonds is 8. The number of benzene rings is 3. The summed E-state index contributed by atoms with van der Waals surface area (Å²) in [4.78, 5) is 25.3. The molecule has 2 atom stereocenters. The molecule has 2 N–H and O–H groups in total. The van der Waals surface area contributed by atoms with Gasteiger partial charge in [-0.25, -0.2) is 13.2 Å². The van der Waals surface area contributed by atoms with Crippen LogP contribution in [-0.4, -0.2) is 26.4 Å². The van der Waals surface area contributed by atoms with Crippen molar-refractivity contribution in [1.82, 2.24) is 5.32 Å². The normalized spacial score (nSPS) is 12.9. The summed E-state index contributed by atoms with van der Waals surface area (Å²) in [6, 6.07) is 20.4. The number of anilines is 1. The minimum Gasteiger partial charge on any atom is -0.449 e. The number of amides is 1. The van der Waals surface area contributed by atoms with Crippen LogP contribution in [0, 0.1) is 13.8 Å². The molecule has 0 saturated heterocycles. The number of hydrogen-bond donors (Lipinski definition) is 2. The second-order valence-electron chi connectivity index (χ2n) is 8.09. The molecule has 1 amide bonds. The highest BCUT2D eigenvalue weighted by Gasteiger charge is 2.24. The Kier molecular flexibility index (Phi) is 7.73. The van der Waals surface area contributed by atoms with E-state index >= 15 is 0 Å². The van der Waals surface area contributed by atoms with Crippen molar-refractivity contribution in [2.45, 2.75) is 44.7 Å². The quantitative estimate of drug-likeness (QED) is 0.462. The second-order valence-corrected chi connectivity index (χ2v) is 9.77. The molecule has 0 aliphatic carbocycles. The number of para-hydroxylation sites is 1. The number of sulfonamides is 1. The third-order valence-corrected chi connectivity index (χ3v) is 6.80. The Bertz CT molecular complexity index is 1290. The smallest absolute Gasteiger partial charge is 0.339 e. The Morgan fingerprint density at radius 3 is 2.18 bits per heavy atom. The minimum atomic E-state index is -3.94. The Labute approximate surface area is 200 Å². The molecule has 3 aromatic carbocycles. The Morgan fingerprint density at radius 2 is 1.50 bits per heavy atom. The van der Waals surface area contributed by atoms with E-state index in [-0.39, 0.29) is 16.5 Å². The molecular weight excluding hydrogens is 452 g/mol. The number of aryl methyl sites for hydroxylation is 2. The predicted molar refractivity (Wildman–Crippen MR) is 131 cm³/mol. The molecule has 0 radical (unpaired) electrons. The van der Waals surface area contributed by atoms with Crippen molar-refractivity contribution in [2.75, 3.05) is 4.72 Å². The van der Waals surface area contributed by atoms with Crippen LogP contribution in [0.1, 0.15) is 46.9 Å². The maximum atomic E-state index is 12.9. The summed E-state index contributed by atoms with van der Waals surface area (Å²) in [5.74, 6) is -1.23. The number of carbonyl (C=O) groups is 2. The van der Waals surface area contributed by atoms with Gasteiger partial charge < -0.3 is 10.1 Å². The van der Waals surface area contributed by atoms with Crippen molar-refractivity contribution in [3.8, 4) is 0 Å². The third kappa shape index (κ3) is 6.02. The molecule has 34 heavy (non-hydrogen) atoms. The standard InChI is InChI=1S/C26H28N2O5S/c1-17-14-15-22(34(31,32)28-24-13-9-8-10-18(24)2)16-23(17)26(30)33-20(4)25(29)27-19(3)21-11-6-5-7-12-21/h5-16,19-20,28H,1-4H3,(H,27,29)/t19-,20-/m1/s1. The summed E-state index contributed by atoms with van der Waals surface area (Å²) >= 11 is 0. The molecule has 3 rings (SSSR count). The summed E-state index contributed by atoms with van der Waals surface area (Å²) in [7, 11) is -3.94. The van der Waals surface area contributed by atoms with Crippen LogP contribution in [0.4, 0.5) is 5.69 Å². The number of nitrogens with one attached hydrogen (secondary N) is 2. The average Bonchev–Trinajstić information content (AvgIpc) is 2.81. The lowest BCUT2D eigenvalue weighted by atomic mass is 10.1. The van der Waals surface area contributed by atoms with Crippen molar-refractivity contribution in [2.24, 2.45) is 0 Å². The van der Waals surface area contributed by atoms with Crippen molar-refractivity contribution in [1.29, 1.82) is 0 Å². The largest absolute Gasteiger partial charge is 0.449 e. The average molecular weight is 481 g/mol. The Balaban J connectivity index is 1.73. The molecule has 178 valence electrons. The van der Waals surface area contributed by atoms with Crippen molar-refractivity contribution in [3.63, 3.8) is 0 Å². The summed E-state index contributed by atoms with van der Waals surface area (Å²) in [5.41, 5.74) is 2.74. The van der Waals surface area contributed by atoms with E-state index in [9.17, 15) is 18.0 Å². The number of esters is 1. The van der Waals surface area contributed by atoms with Gasteiger partial charge in [0, 0.05) is 0 Å². The highest BCUT2D eigenvalue weighted by Crippen LogP contribution is 2.22. The molecule has 0 heterocycles. The molecule has 0 bridgehead atoms. The highest BCUT2D eigenvalue weighted by atomic mass is 32.2. The zero-order valence-electron chi connectivity index (χ0n) is 19.5. The maximum absolute atomic E-state index is 12.9. The first-order valence-electron chi connectivity index (χ1n) is 10.8. The van der Waals surface area contributed by atoms with Gasteiger partial charge in [0.15, 0.2) is 6.10 Å². The molecule has 3 aromatic rings. The van der Waals surface area contributed by atoms with Gasteiger partial charge in [0.1, 0.15) is 0 Å². The summed E-state index contributed by atoms with van der Waals surface area (Å²) in [6.45, 7) is 6.77. The van der Waals surface area contributed by atoms with Gasteiger partial charge in [-0.05, 0) is 62.6 Å². The predicted octanol–water partition coefficient (Wildman–Crippen LogP) is 4.53. The van der Waals surface area contributed by atoms with Crippen molar-refractivity contribution >= 4 is 27.6 Å². The van der Waals surface area contributed by atoms with Crippen molar-refractivity contribution in [3.05, 3.63) is 95.1 Å². The molecular formula is C26H28N2O5S. The number of ether oxygens (including phenoxy) is 1. The van der Waals surface area contributed by atoms with E-state index in [1.165, 1.54) is 25.1 Å². The first-order valence-corrected chi connectivity index (χ1v) is 12.3. The van der Waals surface area contributed by atoms with Crippen LogP contribution in [-0.2, 0) is 19.6 Å². The van der Waals surface area contributed by atoms with Gasteiger partial charge in [-0.1, -0.05) is 54.6 Å². The van der Waals surface area contributed by atoms with Crippen LogP contribution in [0.5, 0.6) is 0 Å². The summed E-state index contributed by atoms with van der Waals surface area (Å²) < 4.78 is 33.7. The topological polar surface area (TPSA) is 102 Å². The number of carbonyl (C=O) groups excluding carboxylic acids is 2. The van der Waals surface area contributed by atoms with Gasteiger partial charge >= 0.3 is 5.97 Å². The molecule has 0 fully saturated rings. The van der Waals surface area contributed by atoms with Crippen LogP contribution < -0.4 is 10.0 Å². The van der Waals surface area contributed by atoms with Gasteiger partial charge in [0.05, 0.1) is 22.2 Å². The van der Waals surface area contributed by atoms with E-state index < -0.39 is 28.0 Å². The molecule has 0 unspecified atom stereocenters. The molecule has 8 heteroatoms. The zero-order chi connectivity index (χ0) is 24.9. The van der Waals surface area contributed by atoms with Crippen LogP contribution in [0.15, 0.2) is 77.7 Å². The second kappa shape index (κ2) is 10.5. The fourth-order valence-corrected chi connectivity index (χ4v) is 4.47. The fourth-order valence-electron chi connectivity index (χ4n) is 3.31. The minimum absolute atomic E-state index is 0.0726. The van der Waals surface area contributed by atoms with Crippen LogP contribution in [0.3, 0.4) is 0 Å². The first kappa shape index (κ1) is 25.0. The molecule has 0 spiro atoms. The number of hydrogen-bond acceptors (Lipinski definition) is 5. The summed E-state index contributed by atoms with van der Waals surface area (Å²) in [5, 5.41) is 2.81. The summed E-state index contributed by atoms with van der Waals surface area (Å²) in [6.07, 6.45) is -1.07. The van der Waals surface area contributed by atoms with E-state index in [1.54, 1.807) is 32.0 Å². The van der Waals surface area contributed by atoms with Crippen molar-refractivity contribution < 1.29 is 22.7 Å². The van der Waals surface area contributed by atoms with Gasteiger partial charge in [-0.3, -0.25) is 9.52 Å². The van der Waals surface area contributed by atoms with Gasteiger partial charge in [0.2, 0.25) is 0 Å². The molecule has 0 aromatic heterocycles. The van der Waals surface area contributed by atoms with E-state index in [2.05, 4.69) is 10.0 Å². The van der Waals surface area contributed by atoms with E-state index in [0.717, 1.165) is 11.1 Å². The first-order chi connectivity index (χ1) is 16.1. The SMILES string of the molecule is Cc1ccccc1NS(=O)(=O)c1ccc(C)c(C(=O)O[C@H](C)C(=O)N[C@H](C)c2ccccc2)c1. The monoisotopic (exact) mass is 480 g/mol. The lowest BCUT2D eigenvalue weighted by Crippen LogP contribution is -2.37. The Morgan fingerprint density at radius 1 is 0.853 bits per heavy atom. The van der Waals surface area contributed by atoms with E-state index in [4.69, 9.17) is 4.74 Å². The molecule has 0 saturated carbocycles. The van der Waals surface area contributed by atoms with Gasteiger partial charge in [-0.15, -0.1) is 0 Å². The lowest BCUT2D eigenvalue weighted by molar-refractivity contribution is -0.129. The lowest BCUT2D eigenvalue weighted by Gasteiger charge is -2.19. The van der Waals surface area contributed by atoms with E-state index in [0.29, 0.717) is 11.3 Å². The third-order valence-electron chi connectivity index (χ3n) is 5.44. The van der Waals surface area contributed by atoms with Gasteiger partial charge in [-0.2, -0.15) is 0 Å².